The number of hydrogen-bond acceptors (Lipinski definition) is 1. The molecule has 0 radical (unpaired) electrons. The molecule has 1 heteroatoms. The van der Waals surface area contributed by atoms with Crippen molar-refractivity contribution >= 4 is 0 Å². The molecule has 0 bridgehead atoms. The van der Waals surface area contributed by atoms with Gasteiger partial charge in [-0.15, -0.1) is 0 Å². The number of hydrogen-bond donors (Lipinski definition) is 1. The van der Waals surface area contributed by atoms with Gasteiger partial charge in [0.2, 0.25) is 0 Å². The molecule has 1 aliphatic heterocycles. The highest BCUT2D eigenvalue weighted by atomic mass is 14.9. The molecule has 1 aliphatic rings. The van der Waals surface area contributed by atoms with Crippen LogP contribution in [0.4, 0.5) is 0 Å². The second-order valence-corrected chi connectivity index (χ2v) is 5.41. The van der Waals surface area contributed by atoms with E-state index in [4.69, 9.17) is 0 Å². The summed E-state index contributed by atoms with van der Waals surface area (Å²) in [5, 5.41) is 3.64. The van der Waals surface area contributed by atoms with Gasteiger partial charge in [0, 0.05) is 6.04 Å². The third-order valence-corrected chi connectivity index (χ3v) is 4.52. The average Bonchev–Trinajstić information content (AvgIpc) is 2.20. The molecule has 5 unspecified atom stereocenters. The van der Waals surface area contributed by atoms with Crippen molar-refractivity contribution in [1.29, 1.82) is 0 Å². The predicted molar refractivity (Wildman–Crippen MR) is 63.4 cm³/mol. The second-order valence-electron chi connectivity index (χ2n) is 5.41. The van der Waals surface area contributed by atoms with Gasteiger partial charge in [0.15, 0.2) is 0 Å². The fraction of sp³-hybridized carbons (Fsp3) is 1.00. The van der Waals surface area contributed by atoms with Crippen LogP contribution in [0.1, 0.15) is 47.5 Å². The van der Waals surface area contributed by atoms with Crippen LogP contribution in [0.25, 0.3) is 0 Å². The van der Waals surface area contributed by atoms with Crippen molar-refractivity contribution in [2.45, 2.75) is 53.5 Å². The molecule has 14 heavy (non-hydrogen) atoms. The van der Waals surface area contributed by atoms with Gasteiger partial charge >= 0.3 is 0 Å². The predicted octanol–water partition coefficient (Wildman–Crippen LogP) is 3.30. The minimum absolute atomic E-state index is 0.718. The lowest BCUT2D eigenvalue weighted by molar-refractivity contribution is 0.156. The third kappa shape index (κ3) is 2.73. The molecule has 0 aliphatic carbocycles. The van der Waals surface area contributed by atoms with Gasteiger partial charge in [-0.1, -0.05) is 34.1 Å². The van der Waals surface area contributed by atoms with Gasteiger partial charge in [-0.25, -0.2) is 0 Å². The van der Waals surface area contributed by atoms with Gasteiger partial charge in [0.1, 0.15) is 0 Å². The van der Waals surface area contributed by atoms with Crippen molar-refractivity contribution in [2.24, 2.45) is 23.7 Å². The summed E-state index contributed by atoms with van der Waals surface area (Å²) in [6.45, 7) is 13.1. The first-order valence-corrected chi connectivity index (χ1v) is 6.29. The highest BCUT2D eigenvalue weighted by molar-refractivity contribution is 4.83. The van der Waals surface area contributed by atoms with E-state index in [-0.39, 0.29) is 0 Å². The zero-order valence-electron chi connectivity index (χ0n) is 10.5. The fourth-order valence-electron chi connectivity index (χ4n) is 2.54. The molecule has 1 fully saturated rings. The van der Waals surface area contributed by atoms with Gasteiger partial charge in [-0.3, -0.25) is 0 Å². The SMILES string of the molecule is CCC(C)C(C)C1CNC(C)C(C)C1. The molecule has 1 saturated heterocycles. The molecule has 1 heterocycles. The van der Waals surface area contributed by atoms with E-state index in [2.05, 4.69) is 39.9 Å². The van der Waals surface area contributed by atoms with E-state index >= 15 is 0 Å². The van der Waals surface area contributed by atoms with E-state index in [0.717, 1.165) is 29.7 Å². The zero-order valence-corrected chi connectivity index (χ0v) is 10.5. The van der Waals surface area contributed by atoms with E-state index in [0.29, 0.717) is 0 Å². The van der Waals surface area contributed by atoms with Gasteiger partial charge in [0.25, 0.3) is 0 Å². The Kier molecular flexibility index (Phi) is 4.43. The number of rotatable bonds is 3. The Bertz CT molecular complexity index is 167. The van der Waals surface area contributed by atoms with Crippen molar-refractivity contribution in [2.75, 3.05) is 6.54 Å². The highest BCUT2D eigenvalue weighted by Crippen LogP contribution is 2.31. The van der Waals surface area contributed by atoms with Crippen LogP contribution in [-0.2, 0) is 0 Å². The lowest BCUT2D eigenvalue weighted by Gasteiger charge is -2.38. The van der Waals surface area contributed by atoms with Crippen LogP contribution < -0.4 is 5.32 Å². The van der Waals surface area contributed by atoms with Crippen molar-refractivity contribution in [3.8, 4) is 0 Å². The molecule has 84 valence electrons. The molecule has 0 spiro atoms. The summed E-state index contributed by atoms with van der Waals surface area (Å²) < 4.78 is 0. The van der Waals surface area contributed by atoms with Crippen LogP contribution in [0.2, 0.25) is 0 Å². The Balaban J connectivity index is 2.45. The van der Waals surface area contributed by atoms with Crippen LogP contribution in [0.5, 0.6) is 0 Å². The largest absolute Gasteiger partial charge is 0.314 e. The third-order valence-electron chi connectivity index (χ3n) is 4.52. The van der Waals surface area contributed by atoms with Crippen LogP contribution in [0.3, 0.4) is 0 Å². The van der Waals surface area contributed by atoms with E-state index < -0.39 is 0 Å². The standard InChI is InChI=1S/C13H27N/c1-6-9(2)11(4)13-7-10(3)12(5)14-8-13/h9-14H,6-8H2,1-5H3. The minimum Gasteiger partial charge on any atom is -0.314 e. The maximum absolute atomic E-state index is 3.64. The van der Waals surface area contributed by atoms with E-state index in [1.807, 2.05) is 0 Å². The minimum atomic E-state index is 0.718. The molecule has 0 aromatic heterocycles. The number of piperidine rings is 1. The van der Waals surface area contributed by atoms with Crippen molar-refractivity contribution in [3.63, 3.8) is 0 Å². The highest BCUT2D eigenvalue weighted by Gasteiger charge is 2.29. The van der Waals surface area contributed by atoms with Crippen molar-refractivity contribution in [1.82, 2.24) is 5.32 Å². The van der Waals surface area contributed by atoms with Crippen molar-refractivity contribution < 1.29 is 0 Å². The summed E-state index contributed by atoms with van der Waals surface area (Å²) >= 11 is 0. The molecular weight excluding hydrogens is 170 g/mol. The van der Waals surface area contributed by atoms with Crippen LogP contribution in [0, 0.1) is 23.7 Å². The van der Waals surface area contributed by atoms with E-state index in [9.17, 15) is 0 Å². The summed E-state index contributed by atoms with van der Waals surface area (Å²) in [5.74, 6) is 3.50. The maximum Gasteiger partial charge on any atom is 0.00645 e. The molecule has 0 saturated carbocycles. The Morgan fingerprint density at radius 2 is 1.93 bits per heavy atom. The summed E-state index contributed by atoms with van der Waals surface area (Å²) in [5.41, 5.74) is 0. The molecule has 1 N–H and O–H groups in total. The fourth-order valence-corrected chi connectivity index (χ4v) is 2.54. The Morgan fingerprint density at radius 3 is 2.43 bits per heavy atom. The lowest BCUT2D eigenvalue weighted by atomic mass is 9.75. The van der Waals surface area contributed by atoms with Gasteiger partial charge < -0.3 is 5.32 Å². The summed E-state index contributed by atoms with van der Waals surface area (Å²) in [4.78, 5) is 0. The molecule has 0 amide bonds. The van der Waals surface area contributed by atoms with Crippen LogP contribution in [0.15, 0.2) is 0 Å². The normalized spacial score (nSPS) is 37.9. The summed E-state index contributed by atoms with van der Waals surface area (Å²) in [6, 6.07) is 0.718. The molecule has 5 atom stereocenters. The molecular formula is C13H27N. The summed E-state index contributed by atoms with van der Waals surface area (Å²) in [7, 11) is 0. The zero-order chi connectivity index (χ0) is 10.7. The second kappa shape index (κ2) is 5.16. The first-order chi connectivity index (χ1) is 6.56. The molecule has 1 rings (SSSR count). The average molecular weight is 197 g/mol. The van der Waals surface area contributed by atoms with Crippen molar-refractivity contribution in [3.05, 3.63) is 0 Å². The quantitative estimate of drug-likeness (QED) is 0.732. The van der Waals surface area contributed by atoms with E-state index in [1.54, 1.807) is 0 Å². The van der Waals surface area contributed by atoms with Gasteiger partial charge in [-0.05, 0) is 43.6 Å². The molecule has 1 nitrogen and oxygen atoms in total. The van der Waals surface area contributed by atoms with Crippen LogP contribution in [-0.4, -0.2) is 12.6 Å². The van der Waals surface area contributed by atoms with Gasteiger partial charge in [0.05, 0.1) is 0 Å². The van der Waals surface area contributed by atoms with E-state index in [1.165, 1.54) is 19.4 Å². The molecule has 0 aromatic rings. The maximum atomic E-state index is 3.64. The smallest absolute Gasteiger partial charge is 0.00645 e. The first kappa shape index (κ1) is 12.0. The Morgan fingerprint density at radius 1 is 1.29 bits per heavy atom. The molecule has 0 aromatic carbocycles. The Hall–Kier alpha value is -0.0400. The lowest BCUT2D eigenvalue weighted by Crippen LogP contribution is -2.45. The summed E-state index contributed by atoms with van der Waals surface area (Å²) in [6.07, 6.45) is 2.74. The first-order valence-electron chi connectivity index (χ1n) is 6.29. The van der Waals surface area contributed by atoms with Crippen LogP contribution >= 0.6 is 0 Å². The topological polar surface area (TPSA) is 12.0 Å². The number of nitrogens with one attached hydrogen (secondary N) is 1. The monoisotopic (exact) mass is 197 g/mol. The van der Waals surface area contributed by atoms with Gasteiger partial charge in [-0.2, -0.15) is 0 Å². The Labute approximate surface area is 89.7 Å².